The number of hydrogen-bond donors (Lipinski definition) is 0. The van der Waals surface area contributed by atoms with Crippen LogP contribution in [0.1, 0.15) is 12.8 Å². The van der Waals surface area contributed by atoms with Gasteiger partial charge >= 0.3 is 6.09 Å². The summed E-state index contributed by atoms with van der Waals surface area (Å²) in [5.41, 5.74) is 0. The molecule has 0 aromatic rings. The molecule has 4 nitrogen and oxygen atoms in total. The highest BCUT2D eigenvalue weighted by molar-refractivity contribution is 5.73. The molecule has 0 aromatic heterocycles. The van der Waals surface area contributed by atoms with Crippen LogP contribution in [0.15, 0.2) is 4.99 Å². The van der Waals surface area contributed by atoms with Crippen molar-refractivity contribution >= 4 is 12.8 Å². The summed E-state index contributed by atoms with van der Waals surface area (Å²) in [6.07, 6.45) is 0.918. The van der Waals surface area contributed by atoms with Gasteiger partial charge in [-0.15, -0.1) is 0 Å². The maximum absolute atomic E-state index is 10.6. The number of ether oxygens (including phenoxy) is 2. The van der Waals surface area contributed by atoms with Crippen molar-refractivity contribution in [2.75, 3.05) is 13.2 Å². The molecule has 0 bridgehead atoms. The fourth-order valence-corrected chi connectivity index (χ4v) is 0.974. The van der Waals surface area contributed by atoms with Gasteiger partial charge in [-0.05, 0) is 6.72 Å². The van der Waals surface area contributed by atoms with Crippen LogP contribution in [0.25, 0.3) is 0 Å². The van der Waals surface area contributed by atoms with E-state index in [1.54, 1.807) is 0 Å². The summed E-state index contributed by atoms with van der Waals surface area (Å²) in [7, 11) is 0. The van der Waals surface area contributed by atoms with Gasteiger partial charge in [-0.3, -0.25) is 0 Å². The molecule has 1 aliphatic heterocycles. The minimum absolute atomic E-state index is 0.0262. The number of hydrogen-bond acceptors (Lipinski definition) is 3. The highest BCUT2D eigenvalue weighted by Crippen LogP contribution is 2.10. The Morgan fingerprint density at radius 2 is 2.18 bits per heavy atom. The molecule has 0 aromatic carbocycles. The van der Waals surface area contributed by atoms with E-state index in [4.69, 9.17) is 9.47 Å². The van der Waals surface area contributed by atoms with Crippen LogP contribution in [0, 0.1) is 0 Å². The number of amides is 1. The minimum Gasteiger partial charge on any atom is -0.444 e. The molecule has 1 aliphatic rings. The zero-order valence-electron chi connectivity index (χ0n) is 6.28. The normalized spacial score (nSPS) is 19.3. The van der Waals surface area contributed by atoms with Gasteiger partial charge in [0.1, 0.15) is 6.10 Å². The van der Waals surface area contributed by atoms with Crippen molar-refractivity contribution in [1.82, 2.24) is 0 Å². The third-order valence-electron chi connectivity index (χ3n) is 1.56. The summed E-state index contributed by atoms with van der Waals surface area (Å²) in [6.45, 7) is 4.39. The largest absolute Gasteiger partial charge is 0.444 e. The second kappa shape index (κ2) is 4.08. The van der Waals surface area contributed by atoms with Crippen molar-refractivity contribution in [3.63, 3.8) is 0 Å². The maximum atomic E-state index is 10.6. The molecule has 0 saturated carbocycles. The average molecular weight is 157 g/mol. The molecular formula is C7H11NO3. The lowest BCUT2D eigenvalue weighted by Crippen LogP contribution is -2.24. The number of nitrogens with zero attached hydrogens (tertiary/aromatic N) is 1. The van der Waals surface area contributed by atoms with E-state index in [-0.39, 0.29) is 6.10 Å². The van der Waals surface area contributed by atoms with Crippen LogP contribution in [0.5, 0.6) is 0 Å². The highest BCUT2D eigenvalue weighted by Gasteiger charge is 2.16. The SMILES string of the molecule is C=NC(=O)OC1CCOCC1. The van der Waals surface area contributed by atoms with Gasteiger partial charge < -0.3 is 9.47 Å². The molecule has 11 heavy (non-hydrogen) atoms. The lowest BCUT2D eigenvalue weighted by molar-refractivity contribution is 0.00474. The molecule has 0 atom stereocenters. The highest BCUT2D eigenvalue weighted by atomic mass is 16.6. The molecule has 0 N–H and O–H groups in total. The van der Waals surface area contributed by atoms with Gasteiger partial charge in [0.15, 0.2) is 0 Å². The van der Waals surface area contributed by atoms with Gasteiger partial charge in [0.25, 0.3) is 0 Å². The molecule has 0 unspecified atom stereocenters. The van der Waals surface area contributed by atoms with E-state index in [0.29, 0.717) is 13.2 Å². The summed E-state index contributed by atoms with van der Waals surface area (Å²) in [5.74, 6) is 0. The molecule has 0 aliphatic carbocycles. The number of aliphatic imine (C=N–C) groups is 1. The Morgan fingerprint density at radius 1 is 1.55 bits per heavy atom. The van der Waals surface area contributed by atoms with Crippen LogP contribution in [0.3, 0.4) is 0 Å². The molecule has 1 fully saturated rings. The lowest BCUT2D eigenvalue weighted by atomic mass is 10.2. The van der Waals surface area contributed by atoms with E-state index in [9.17, 15) is 4.79 Å². The summed E-state index contributed by atoms with van der Waals surface area (Å²) in [5, 5.41) is 0. The molecule has 62 valence electrons. The summed E-state index contributed by atoms with van der Waals surface area (Å²) < 4.78 is 9.97. The van der Waals surface area contributed by atoms with Crippen molar-refractivity contribution in [2.45, 2.75) is 18.9 Å². The van der Waals surface area contributed by atoms with Gasteiger partial charge in [0, 0.05) is 12.8 Å². The Labute approximate surface area is 65.2 Å². The zero-order chi connectivity index (χ0) is 8.10. The Balaban J connectivity index is 2.24. The fraction of sp³-hybridized carbons (Fsp3) is 0.714. The first kappa shape index (κ1) is 8.20. The molecule has 1 rings (SSSR count). The Bertz CT molecular complexity index is 152. The van der Waals surface area contributed by atoms with E-state index in [0.717, 1.165) is 12.8 Å². The van der Waals surface area contributed by atoms with Crippen LogP contribution in [-0.4, -0.2) is 32.1 Å². The van der Waals surface area contributed by atoms with Crippen LogP contribution in [-0.2, 0) is 9.47 Å². The lowest BCUT2D eigenvalue weighted by Gasteiger charge is -2.20. The number of carbonyl (C=O) groups excluding carboxylic acids is 1. The zero-order valence-corrected chi connectivity index (χ0v) is 6.28. The van der Waals surface area contributed by atoms with Crippen LogP contribution < -0.4 is 0 Å². The molecule has 1 amide bonds. The average Bonchev–Trinajstić information content (AvgIpc) is 2.06. The van der Waals surface area contributed by atoms with Crippen molar-refractivity contribution in [1.29, 1.82) is 0 Å². The predicted octanol–water partition coefficient (Wildman–Crippen LogP) is 1.00. The standard InChI is InChI=1S/C7H11NO3/c1-8-7(9)11-6-2-4-10-5-3-6/h6H,1-5H2. The van der Waals surface area contributed by atoms with E-state index >= 15 is 0 Å². The summed E-state index contributed by atoms with van der Waals surface area (Å²) in [4.78, 5) is 13.7. The van der Waals surface area contributed by atoms with Gasteiger partial charge in [0.2, 0.25) is 0 Å². The van der Waals surface area contributed by atoms with Crippen molar-refractivity contribution in [3.8, 4) is 0 Å². The third kappa shape index (κ3) is 2.67. The van der Waals surface area contributed by atoms with Crippen LogP contribution in [0.2, 0.25) is 0 Å². The van der Waals surface area contributed by atoms with Gasteiger partial charge in [-0.1, -0.05) is 0 Å². The van der Waals surface area contributed by atoms with Gasteiger partial charge in [-0.2, -0.15) is 4.99 Å². The second-order valence-electron chi connectivity index (χ2n) is 2.35. The van der Waals surface area contributed by atoms with E-state index in [1.807, 2.05) is 0 Å². The quantitative estimate of drug-likeness (QED) is 0.533. The molecule has 0 radical (unpaired) electrons. The monoisotopic (exact) mass is 157 g/mol. The van der Waals surface area contributed by atoms with Crippen LogP contribution >= 0.6 is 0 Å². The van der Waals surface area contributed by atoms with Crippen molar-refractivity contribution in [3.05, 3.63) is 0 Å². The van der Waals surface area contributed by atoms with E-state index < -0.39 is 6.09 Å². The van der Waals surface area contributed by atoms with E-state index in [1.165, 1.54) is 0 Å². The number of rotatable bonds is 1. The third-order valence-corrected chi connectivity index (χ3v) is 1.56. The number of carbonyl (C=O) groups is 1. The molecule has 0 spiro atoms. The van der Waals surface area contributed by atoms with Crippen LogP contribution in [0.4, 0.5) is 4.79 Å². The fourth-order valence-electron chi connectivity index (χ4n) is 0.974. The Morgan fingerprint density at radius 3 is 2.73 bits per heavy atom. The topological polar surface area (TPSA) is 47.9 Å². The van der Waals surface area contributed by atoms with Crippen molar-refractivity contribution in [2.24, 2.45) is 4.99 Å². The second-order valence-corrected chi connectivity index (χ2v) is 2.35. The maximum Gasteiger partial charge on any atom is 0.433 e. The smallest absolute Gasteiger partial charge is 0.433 e. The minimum atomic E-state index is -0.586. The summed E-state index contributed by atoms with van der Waals surface area (Å²) in [6, 6.07) is 0. The first-order valence-corrected chi connectivity index (χ1v) is 3.58. The summed E-state index contributed by atoms with van der Waals surface area (Å²) >= 11 is 0. The van der Waals surface area contributed by atoms with E-state index in [2.05, 4.69) is 11.7 Å². The van der Waals surface area contributed by atoms with Gasteiger partial charge in [-0.25, -0.2) is 4.79 Å². The van der Waals surface area contributed by atoms with Crippen molar-refractivity contribution < 1.29 is 14.3 Å². The molecule has 4 heteroatoms. The first-order valence-electron chi connectivity index (χ1n) is 3.58. The molecule has 1 heterocycles. The Hall–Kier alpha value is -0.900. The molecular weight excluding hydrogens is 146 g/mol. The molecule has 1 saturated heterocycles. The first-order chi connectivity index (χ1) is 5.33. The Kier molecular flexibility index (Phi) is 3.04. The predicted molar refractivity (Wildman–Crippen MR) is 39.9 cm³/mol. The van der Waals surface area contributed by atoms with Gasteiger partial charge in [0.05, 0.1) is 13.2 Å².